The SMILES string of the molecule is CCCC(NCCN)S(=O)O. The monoisotopic (exact) mass is 180 g/mol. The summed E-state index contributed by atoms with van der Waals surface area (Å²) in [7, 11) is 0. The topological polar surface area (TPSA) is 75.3 Å². The Morgan fingerprint density at radius 1 is 1.73 bits per heavy atom. The highest BCUT2D eigenvalue weighted by Crippen LogP contribution is 1.98. The Hall–Kier alpha value is 0.0300. The highest BCUT2D eigenvalue weighted by molar-refractivity contribution is 7.79. The number of nitrogens with two attached hydrogens (primary N) is 1. The second-order valence-electron chi connectivity index (χ2n) is 2.30. The number of hydrogen-bond acceptors (Lipinski definition) is 3. The highest BCUT2D eigenvalue weighted by atomic mass is 32.2. The van der Waals surface area contributed by atoms with E-state index in [2.05, 4.69) is 5.32 Å². The van der Waals surface area contributed by atoms with Crippen LogP contribution in [0.15, 0.2) is 0 Å². The van der Waals surface area contributed by atoms with Crippen molar-refractivity contribution >= 4 is 11.1 Å². The Balaban J connectivity index is 3.60. The fourth-order valence-corrected chi connectivity index (χ4v) is 1.48. The zero-order valence-electron chi connectivity index (χ0n) is 6.75. The zero-order chi connectivity index (χ0) is 8.69. The lowest BCUT2D eigenvalue weighted by Crippen LogP contribution is -2.36. The largest absolute Gasteiger partial charge is 0.329 e. The van der Waals surface area contributed by atoms with Crippen molar-refractivity contribution in [2.24, 2.45) is 5.73 Å². The lowest BCUT2D eigenvalue weighted by atomic mass is 10.3. The van der Waals surface area contributed by atoms with E-state index in [-0.39, 0.29) is 5.37 Å². The van der Waals surface area contributed by atoms with Gasteiger partial charge in [-0.3, -0.25) is 0 Å². The van der Waals surface area contributed by atoms with E-state index < -0.39 is 11.1 Å². The molecule has 0 bridgehead atoms. The van der Waals surface area contributed by atoms with E-state index in [1.807, 2.05) is 6.92 Å². The van der Waals surface area contributed by atoms with Crippen LogP contribution in [0.25, 0.3) is 0 Å². The molecule has 0 aromatic carbocycles. The van der Waals surface area contributed by atoms with Crippen LogP contribution in [-0.2, 0) is 11.1 Å². The smallest absolute Gasteiger partial charge is 0.170 e. The van der Waals surface area contributed by atoms with E-state index in [0.29, 0.717) is 19.5 Å². The molecule has 4 nitrogen and oxygen atoms in total. The van der Waals surface area contributed by atoms with Crippen molar-refractivity contribution in [2.75, 3.05) is 13.1 Å². The molecule has 2 atom stereocenters. The summed E-state index contributed by atoms with van der Waals surface area (Å²) in [5.41, 5.74) is 5.23. The van der Waals surface area contributed by atoms with Gasteiger partial charge in [0.05, 0.1) is 0 Å². The van der Waals surface area contributed by atoms with Crippen molar-refractivity contribution in [1.29, 1.82) is 0 Å². The molecule has 0 fully saturated rings. The average Bonchev–Trinajstić information content (AvgIpc) is 1.97. The average molecular weight is 180 g/mol. The molecule has 0 rings (SSSR count). The predicted octanol–water partition coefficient (Wildman–Crippen LogP) is -0.117. The molecule has 0 aliphatic rings. The van der Waals surface area contributed by atoms with E-state index in [1.54, 1.807) is 0 Å². The molecule has 0 saturated carbocycles. The summed E-state index contributed by atoms with van der Waals surface area (Å²) in [4.78, 5) is 0. The third-order valence-corrected chi connectivity index (χ3v) is 2.20. The molecule has 11 heavy (non-hydrogen) atoms. The van der Waals surface area contributed by atoms with Crippen LogP contribution >= 0.6 is 0 Å². The maximum absolute atomic E-state index is 10.6. The summed E-state index contributed by atoms with van der Waals surface area (Å²) in [6, 6.07) is 0. The molecule has 0 aromatic rings. The molecule has 0 spiro atoms. The molecule has 0 amide bonds. The number of hydrogen-bond donors (Lipinski definition) is 3. The molecule has 0 aromatic heterocycles. The summed E-state index contributed by atoms with van der Waals surface area (Å²) < 4.78 is 19.3. The van der Waals surface area contributed by atoms with Crippen molar-refractivity contribution in [1.82, 2.24) is 5.32 Å². The van der Waals surface area contributed by atoms with Crippen LogP contribution in [-0.4, -0.2) is 27.2 Å². The molecule has 4 N–H and O–H groups in total. The molecule has 0 saturated heterocycles. The maximum Gasteiger partial charge on any atom is 0.170 e. The van der Waals surface area contributed by atoms with E-state index in [0.717, 1.165) is 6.42 Å². The lowest BCUT2D eigenvalue weighted by molar-refractivity contribution is 0.506. The Labute approximate surface area is 69.8 Å². The molecule has 0 aliphatic heterocycles. The third kappa shape index (κ3) is 5.32. The van der Waals surface area contributed by atoms with Crippen LogP contribution < -0.4 is 11.1 Å². The van der Waals surface area contributed by atoms with Crippen LogP contribution in [0, 0.1) is 0 Å². The summed E-state index contributed by atoms with van der Waals surface area (Å²) in [6.45, 7) is 3.07. The fourth-order valence-electron chi connectivity index (χ4n) is 0.781. The van der Waals surface area contributed by atoms with Crippen LogP contribution in [0.3, 0.4) is 0 Å². The molecule has 5 heteroatoms. The van der Waals surface area contributed by atoms with Gasteiger partial charge in [0.2, 0.25) is 0 Å². The molecule has 0 heterocycles. The van der Waals surface area contributed by atoms with Gasteiger partial charge in [0.25, 0.3) is 0 Å². The summed E-state index contributed by atoms with van der Waals surface area (Å²) in [6.07, 6.45) is 1.61. The van der Waals surface area contributed by atoms with Gasteiger partial charge in [-0.1, -0.05) is 13.3 Å². The quantitative estimate of drug-likeness (QED) is 0.498. The van der Waals surface area contributed by atoms with Gasteiger partial charge >= 0.3 is 0 Å². The minimum atomic E-state index is -1.77. The van der Waals surface area contributed by atoms with Crippen molar-refractivity contribution in [3.8, 4) is 0 Å². The maximum atomic E-state index is 10.6. The van der Waals surface area contributed by atoms with Gasteiger partial charge < -0.3 is 15.6 Å². The lowest BCUT2D eigenvalue weighted by Gasteiger charge is -2.12. The predicted molar refractivity (Wildman–Crippen MR) is 46.5 cm³/mol. The normalized spacial score (nSPS) is 16.3. The minimum absolute atomic E-state index is 0.316. The first kappa shape index (κ1) is 11.0. The first-order valence-corrected chi connectivity index (χ1v) is 4.92. The fraction of sp³-hybridized carbons (Fsp3) is 1.00. The van der Waals surface area contributed by atoms with Crippen LogP contribution in [0.2, 0.25) is 0 Å². The molecular formula is C6H16N2O2S. The number of nitrogens with one attached hydrogen (secondary N) is 1. The van der Waals surface area contributed by atoms with E-state index in [9.17, 15) is 4.21 Å². The second kappa shape index (κ2) is 6.72. The van der Waals surface area contributed by atoms with Crippen LogP contribution in [0.5, 0.6) is 0 Å². The standard InChI is InChI=1S/C6H16N2O2S/c1-2-3-6(11(9)10)8-5-4-7/h6,8H,2-5,7H2,1H3,(H,9,10). The summed E-state index contributed by atoms with van der Waals surface area (Å²) >= 11 is -1.77. The first-order chi connectivity index (χ1) is 5.22. The van der Waals surface area contributed by atoms with E-state index >= 15 is 0 Å². The molecule has 2 unspecified atom stereocenters. The Kier molecular flexibility index (Phi) is 6.74. The van der Waals surface area contributed by atoms with Crippen LogP contribution in [0.1, 0.15) is 19.8 Å². The van der Waals surface area contributed by atoms with Gasteiger partial charge in [0.15, 0.2) is 11.1 Å². The van der Waals surface area contributed by atoms with Gasteiger partial charge in [-0.05, 0) is 6.42 Å². The van der Waals surface area contributed by atoms with Gasteiger partial charge in [0, 0.05) is 13.1 Å². The van der Waals surface area contributed by atoms with Crippen LogP contribution in [0.4, 0.5) is 0 Å². The van der Waals surface area contributed by atoms with Gasteiger partial charge in [0.1, 0.15) is 5.37 Å². The highest BCUT2D eigenvalue weighted by Gasteiger charge is 2.11. The van der Waals surface area contributed by atoms with Gasteiger partial charge in [-0.15, -0.1) is 0 Å². The third-order valence-electron chi connectivity index (χ3n) is 1.31. The second-order valence-corrected chi connectivity index (χ2v) is 3.42. The van der Waals surface area contributed by atoms with Crippen molar-refractivity contribution in [2.45, 2.75) is 25.1 Å². The minimum Gasteiger partial charge on any atom is -0.329 e. The molecule has 0 aliphatic carbocycles. The van der Waals surface area contributed by atoms with Crippen molar-refractivity contribution in [3.63, 3.8) is 0 Å². The molecule has 68 valence electrons. The van der Waals surface area contributed by atoms with Crippen molar-refractivity contribution in [3.05, 3.63) is 0 Å². The van der Waals surface area contributed by atoms with Gasteiger partial charge in [-0.2, -0.15) is 0 Å². The first-order valence-electron chi connectivity index (χ1n) is 3.75. The Morgan fingerprint density at radius 3 is 2.73 bits per heavy atom. The number of rotatable bonds is 6. The molecule has 0 radical (unpaired) electrons. The Morgan fingerprint density at radius 2 is 2.36 bits per heavy atom. The van der Waals surface area contributed by atoms with E-state index in [4.69, 9.17) is 10.3 Å². The Bertz CT molecular complexity index is 121. The zero-order valence-corrected chi connectivity index (χ0v) is 7.56. The van der Waals surface area contributed by atoms with Crippen molar-refractivity contribution < 1.29 is 8.76 Å². The van der Waals surface area contributed by atoms with E-state index in [1.165, 1.54) is 0 Å². The van der Waals surface area contributed by atoms with Gasteiger partial charge in [-0.25, -0.2) is 4.21 Å². The molecular weight excluding hydrogens is 164 g/mol. The summed E-state index contributed by atoms with van der Waals surface area (Å²) in [5.74, 6) is 0. The summed E-state index contributed by atoms with van der Waals surface area (Å²) in [5, 5.41) is 2.58.